The van der Waals surface area contributed by atoms with Crippen LogP contribution in [-0.2, 0) is 0 Å². The first-order chi connectivity index (χ1) is 8.31. The Kier molecular flexibility index (Phi) is 6.70. The summed E-state index contributed by atoms with van der Waals surface area (Å²) >= 11 is 3.37. The van der Waals surface area contributed by atoms with Gasteiger partial charge in [-0.25, -0.2) is 0 Å². The number of unbranched alkanes of at least 4 members (excludes halogenated alkanes) is 1. The summed E-state index contributed by atoms with van der Waals surface area (Å²) in [4.78, 5) is 10.7. The number of halogens is 1. The second kappa shape index (κ2) is 8.12. The van der Waals surface area contributed by atoms with Crippen LogP contribution in [0.2, 0.25) is 0 Å². The van der Waals surface area contributed by atoms with E-state index in [2.05, 4.69) is 15.9 Å². The van der Waals surface area contributed by atoms with Gasteiger partial charge >= 0.3 is 0 Å². The minimum atomic E-state index is 0.556. The molecule has 1 aromatic rings. The lowest BCUT2D eigenvalue weighted by molar-refractivity contribution is 0.112. The van der Waals surface area contributed by atoms with Gasteiger partial charge in [0.05, 0.1) is 13.2 Å². The van der Waals surface area contributed by atoms with Gasteiger partial charge in [-0.1, -0.05) is 15.9 Å². The van der Waals surface area contributed by atoms with Crippen LogP contribution in [-0.4, -0.2) is 24.8 Å². The highest BCUT2D eigenvalue weighted by Crippen LogP contribution is 2.28. The zero-order valence-corrected chi connectivity index (χ0v) is 11.5. The molecule has 0 fully saturated rings. The number of carbonyl (C=O) groups is 1. The number of carbonyl (C=O) groups excluding carboxylic acids is 1. The number of alkyl halides is 1. The first-order valence-corrected chi connectivity index (χ1v) is 6.84. The maximum Gasteiger partial charge on any atom is 0.161 e. The maximum absolute atomic E-state index is 10.7. The van der Waals surface area contributed by atoms with Gasteiger partial charge < -0.3 is 9.47 Å². The fourth-order valence-corrected chi connectivity index (χ4v) is 1.76. The Balaban J connectivity index is 2.65. The van der Waals surface area contributed by atoms with E-state index in [9.17, 15) is 4.79 Å². The molecule has 0 aliphatic carbocycles. The van der Waals surface area contributed by atoms with E-state index >= 15 is 0 Å². The molecule has 0 aliphatic heterocycles. The summed E-state index contributed by atoms with van der Waals surface area (Å²) in [6, 6.07) is 5.22. The lowest BCUT2D eigenvalue weighted by Gasteiger charge is -2.11. The smallest absolute Gasteiger partial charge is 0.161 e. The van der Waals surface area contributed by atoms with E-state index in [-0.39, 0.29) is 0 Å². The number of hydrogen-bond donors (Lipinski definition) is 0. The third kappa shape index (κ3) is 4.77. The van der Waals surface area contributed by atoms with Crippen LogP contribution in [0.25, 0.3) is 0 Å². The van der Waals surface area contributed by atoms with Crippen molar-refractivity contribution in [2.45, 2.75) is 19.8 Å². The molecular weight excluding hydrogens is 284 g/mol. The van der Waals surface area contributed by atoms with Crippen LogP contribution in [0.5, 0.6) is 11.5 Å². The molecule has 0 bridgehead atoms. The predicted octanol–water partition coefficient (Wildman–Crippen LogP) is 3.45. The van der Waals surface area contributed by atoms with Crippen LogP contribution in [0.3, 0.4) is 0 Å². The molecule has 0 N–H and O–H groups in total. The molecule has 94 valence electrons. The molecule has 0 saturated carbocycles. The maximum atomic E-state index is 10.7. The minimum absolute atomic E-state index is 0.556. The van der Waals surface area contributed by atoms with Crippen molar-refractivity contribution in [3.63, 3.8) is 0 Å². The van der Waals surface area contributed by atoms with Crippen LogP contribution in [0.15, 0.2) is 18.2 Å². The van der Waals surface area contributed by atoms with E-state index in [1.165, 1.54) is 0 Å². The first-order valence-electron chi connectivity index (χ1n) is 5.72. The highest BCUT2D eigenvalue weighted by Gasteiger charge is 2.05. The average Bonchev–Trinajstić information content (AvgIpc) is 2.36. The van der Waals surface area contributed by atoms with Crippen molar-refractivity contribution in [3.8, 4) is 11.5 Å². The first kappa shape index (κ1) is 14.0. The predicted molar refractivity (Wildman–Crippen MR) is 71.5 cm³/mol. The quantitative estimate of drug-likeness (QED) is 0.419. The SMILES string of the molecule is CCOc1cc(C=O)ccc1OCCCCBr. The Morgan fingerprint density at radius 3 is 2.71 bits per heavy atom. The van der Waals surface area contributed by atoms with Crippen molar-refractivity contribution in [1.82, 2.24) is 0 Å². The molecule has 1 rings (SSSR count). The summed E-state index contributed by atoms with van der Waals surface area (Å²) in [5.41, 5.74) is 0.598. The Labute approximate surface area is 110 Å². The monoisotopic (exact) mass is 300 g/mol. The largest absolute Gasteiger partial charge is 0.490 e. The summed E-state index contributed by atoms with van der Waals surface area (Å²) in [6.45, 7) is 3.12. The third-order valence-corrected chi connectivity index (χ3v) is 2.75. The van der Waals surface area contributed by atoms with Crippen LogP contribution in [0.1, 0.15) is 30.1 Å². The van der Waals surface area contributed by atoms with E-state index in [1.54, 1.807) is 18.2 Å². The van der Waals surface area contributed by atoms with Gasteiger partial charge in [-0.05, 0) is 38.0 Å². The summed E-state index contributed by atoms with van der Waals surface area (Å²) in [5.74, 6) is 1.34. The molecule has 0 heterocycles. The van der Waals surface area contributed by atoms with Gasteiger partial charge in [0.2, 0.25) is 0 Å². The average molecular weight is 301 g/mol. The Hall–Kier alpha value is -1.03. The van der Waals surface area contributed by atoms with Gasteiger partial charge in [-0.2, -0.15) is 0 Å². The molecular formula is C13H17BrO3. The van der Waals surface area contributed by atoms with Crippen LogP contribution in [0, 0.1) is 0 Å². The van der Waals surface area contributed by atoms with Crippen molar-refractivity contribution >= 4 is 22.2 Å². The summed E-state index contributed by atoms with van der Waals surface area (Å²) in [5, 5.41) is 0.985. The van der Waals surface area contributed by atoms with Gasteiger partial charge in [0.25, 0.3) is 0 Å². The molecule has 0 amide bonds. The van der Waals surface area contributed by atoms with Gasteiger partial charge in [-0.3, -0.25) is 4.79 Å². The lowest BCUT2D eigenvalue weighted by Crippen LogP contribution is -2.01. The summed E-state index contributed by atoms with van der Waals surface area (Å²) < 4.78 is 11.1. The standard InChI is InChI=1S/C13H17BrO3/c1-2-16-13-9-11(10-15)5-6-12(13)17-8-4-3-7-14/h5-6,9-10H,2-4,7-8H2,1H3. The number of aldehydes is 1. The van der Waals surface area contributed by atoms with Crippen LogP contribution >= 0.6 is 15.9 Å². The molecule has 0 unspecified atom stereocenters. The molecule has 17 heavy (non-hydrogen) atoms. The highest BCUT2D eigenvalue weighted by molar-refractivity contribution is 9.09. The van der Waals surface area contributed by atoms with E-state index in [4.69, 9.17) is 9.47 Å². The second-order valence-corrected chi connectivity index (χ2v) is 4.29. The minimum Gasteiger partial charge on any atom is -0.490 e. The van der Waals surface area contributed by atoms with Crippen LogP contribution in [0.4, 0.5) is 0 Å². The fraction of sp³-hybridized carbons (Fsp3) is 0.462. The normalized spacial score (nSPS) is 10.0. The topological polar surface area (TPSA) is 35.5 Å². The number of hydrogen-bond acceptors (Lipinski definition) is 3. The van der Waals surface area contributed by atoms with Crippen molar-refractivity contribution in [1.29, 1.82) is 0 Å². The molecule has 0 spiro atoms. The van der Waals surface area contributed by atoms with Crippen molar-refractivity contribution in [2.75, 3.05) is 18.5 Å². The zero-order chi connectivity index (χ0) is 12.5. The van der Waals surface area contributed by atoms with Gasteiger partial charge in [-0.15, -0.1) is 0 Å². The van der Waals surface area contributed by atoms with Gasteiger partial charge in [0.1, 0.15) is 6.29 Å². The second-order valence-electron chi connectivity index (χ2n) is 3.50. The molecule has 0 atom stereocenters. The molecule has 4 heteroatoms. The van der Waals surface area contributed by atoms with Gasteiger partial charge in [0, 0.05) is 10.9 Å². The van der Waals surface area contributed by atoms with E-state index in [0.717, 1.165) is 24.5 Å². The van der Waals surface area contributed by atoms with Gasteiger partial charge in [0.15, 0.2) is 11.5 Å². The van der Waals surface area contributed by atoms with E-state index in [0.29, 0.717) is 30.3 Å². The molecule has 3 nitrogen and oxygen atoms in total. The Bertz CT molecular complexity index is 353. The molecule has 1 aromatic carbocycles. The van der Waals surface area contributed by atoms with Crippen molar-refractivity contribution in [3.05, 3.63) is 23.8 Å². The zero-order valence-electron chi connectivity index (χ0n) is 9.95. The molecule has 0 radical (unpaired) electrons. The van der Waals surface area contributed by atoms with E-state index < -0.39 is 0 Å². The summed E-state index contributed by atoms with van der Waals surface area (Å²) in [6.07, 6.45) is 2.87. The lowest BCUT2D eigenvalue weighted by atomic mass is 10.2. The Morgan fingerprint density at radius 2 is 2.06 bits per heavy atom. The molecule has 0 aliphatic rings. The fourth-order valence-electron chi connectivity index (χ4n) is 1.36. The van der Waals surface area contributed by atoms with Crippen molar-refractivity contribution < 1.29 is 14.3 Å². The number of benzene rings is 1. The van der Waals surface area contributed by atoms with Crippen LogP contribution < -0.4 is 9.47 Å². The third-order valence-electron chi connectivity index (χ3n) is 2.19. The number of rotatable bonds is 8. The highest BCUT2D eigenvalue weighted by atomic mass is 79.9. The van der Waals surface area contributed by atoms with Crippen molar-refractivity contribution in [2.24, 2.45) is 0 Å². The number of ether oxygens (including phenoxy) is 2. The Morgan fingerprint density at radius 1 is 1.24 bits per heavy atom. The van der Waals surface area contributed by atoms with E-state index in [1.807, 2.05) is 6.92 Å². The summed E-state index contributed by atoms with van der Waals surface area (Å²) in [7, 11) is 0. The molecule has 0 aromatic heterocycles. The molecule has 0 saturated heterocycles.